The molecule has 1 aliphatic heterocycles. The molecule has 0 spiro atoms. The van der Waals surface area contributed by atoms with E-state index >= 15 is 0 Å². The van der Waals surface area contributed by atoms with Gasteiger partial charge in [-0.2, -0.15) is 24.9 Å². The van der Waals surface area contributed by atoms with Crippen molar-refractivity contribution in [1.82, 2.24) is 14.5 Å². The SMILES string of the molecule is O=c1c2cc(Cc3ccc(C(F)(F)F)nc3)c3ccccc3c2ncn1[C@H]1CCSC[C@@H]1O. The lowest BCUT2D eigenvalue weighted by Gasteiger charge is -2.28. The highest BCUT2D eigenvalue weighted by Crippen LogP contribution is 2.31. The summed E-state index contributed by atoms with van der Waals surface area (Å²) in [6.07, 6.45) is -1.39. The van der Waals surface area contributed by atoms with Gasteiger partial charge in [-0.25, -0.2) is 4.98 Å². The molecule has 2 aromatic carbocycles. The molecule has 0 aliphatic carbocycles. The van der Waals surface area contributed by atoms with Gasteiger partial charge in [0, 0.05) is 17.3 Å². The van der Waals surface area contributed by atoms with Gasteiger partial charge in [0.15, 0.2) is 0 Å². The minimum atomic E-state index is -4.49. The van der Waals surface area contributed by atoms with Crippen molar-refractivity contribution in [3.05, 3.63) is 82.2 Å². The van der Waals surface area contributed by atoms with Crippen LogP contribution in [-0.4, -0.2) is 37.3 Å². The van der Waals surface area contributed by atoms with Crippen molar-refractivity contribution in [3.63, 3.8) is 0 Å². The van der Waals surface area contributed by atoms with E-state index in [1.165, 1.54) is 23.2 Å². The number of halogens is 3. The minimum Gasteiger partial charge on any atom is -0.390 e. The highest BCUT2D eigenvalue weighted by molar-refractivity contribution is 7.99. The molecule has 0 unspecified atom stereocenters. The Hall–Kier alpha value is -2.91. The van der Waals surface area contributed by atoms with Crippen LogP contribution < -0.4 is 5.56 Å². The van der Waals surface area contributed by atoms with Crippen molar-refractivity contribution in [3.8, 4) is 0 Å². The van der Waals surface area contributed by atoms with Crippen LogP contribution in [0.3, 0.4) is 0 Å². The standard InChI is InChI=1S/C24H20F3N3O2S/c25-24(26,27)21-6-5-14(11-28-21)9-15-10-18-22(17-4-2-1-3-16(15)17)29-13-30(23(18)32)19-7-8-33-12-20(19)31/h1-6,10-11,13,19-20,31H,7-9,12H2/t19-,20-/m0/s1. The van der Waals surface area contributed by atoms with Gasteiger partial charge >= 0.3 is 6.18 Å². The van der Waals surface area contributed by atoms with E-state index in [1.54, 1.807) is 17.8 Å². The van der Waals surface area contributed by atoms with E-state index < -0.39 is 18.0 Å². The lowest BCUT2D eigenvalue weighted by molar-refractivity contribution is -0.141. The maximum atomic E-state index is 13.4. The van der Waals surface area contributed by atoms with Crippen molar-refractivity contribution in [2.24, 2.45) is 0 Å². The van der Waals surface area contributed by atoms with E-state index in [-0.39, 0.29) is 11.6 Å². The van der Waals surface area contributed by atoms with Crippen molar-refractivity contribution < 1.29 is 18.3 Å². The molecular formula is C24H20F3N3O2S. The van der Waals surface area contributed by atoms with Crippen LogP contribution in [0.15, 0.2) is 59.8 Å². The first-order valence-corrected chi connectivity index (χ1v) is 11.7. The lowest BCUT2D eigenvalue weighted by atomic mass is 9.96. The molecule has 0 saturated carbocycles. The van der Waals surface area contributed by atoms with Crippen LogP contribution in [0.2, 0.25) is 0 Å². The molecule has 3 heterocycles. The zero-order chi connectivity index (χ0) is 23.2. The average molecular weight is 472 g/mol. The number of rotatable bonds is 3. The van der Waals surface area contributed by atoms with Crippen LogP contribution in [0, 0.1) is 0 Å². The molecule has 2 atom stereocenters. The van der Waals surface area contributed by atoms with E-state index in [9.17, 15) is 23.1 Å². The number of alkyl halides is 3. The van der Waals surface area contributed by atoms with Gasteiger partial charge in [0.2, 0.25) is 0 Å². The molecular weight excluding hydrogens is 451 g/mol. The number of aliphatic hydroxyl groups excluding tert-OH is 1. The molecule has 0 amide bonds. The van der Waals surface area contributed by atoms with E-state index in [1.807, 2.05) is 24.3 Å². The number of thioether (sulfide) groups is 1. The van der Waals surface area contributed by atoms with Gasteiger partial charge in [-0.05, 0) is 47.2 Å². The molecule has 5 rings (SSSR count). The summed E-state index contributed by atoms with van der Waals surface area (Å²) in [4.78, 5) is 21.6. The zero-order valence-corrected chi connectivity index (χ0v) is 18.2. The van der Waals surface area contributed by atoms with E-state index in [4.69, 9.17) is 0 Å². The van der Waals surface area contributed by atoms with Gasteiger partial charge in [-0.15, -0.1) is 0 Å². The lowest BCUT2D eigenvalue weighted by Crippen LogP contribution is -2.36. The van der Waals surface area contributed by atoms with E-state index in [2.05, 4.69) is 9.97 Å². The summed E-state index contributed by atoms with van der Waals surface area (Å²) in [6.45, 7) is 0. The fourth-order valence-corrected chi connectivity index (χ4v) is 5.42. The van der Waals surface area contributed by atoms with Crippen LogP contribution >= 0.6 is 11.8 Å². The molecule has 4 aromatic rings. The molecule has 1 N–H and O–H groups in total. The second-order valence-electron chi connectivity index (χ2n) is 8.16. The maximum Gasteiger partial charge on any atom is 0.433 e. The van der Waals surface area contributed by atoms with Crippen LogP contribution in [-0.2, 0) is 12.6 Å². The predicted octanol–water partition coefficient (Wildman–Crippen LogP) is 4.59. The molecule has 5 nitrogen and oxygen atoms in total. The Morgan fingerprint density at radius 1 is 1.09 bits per heavy atom. The molecule has 170 valence electrons. The van der Waals surface area contributed by atoms with Crippen molar-refractivity contribution in [2.45, 2.75) is 31.2 Å². The van der Waals surface area contributed by atoms with Gasteiger partial charge < -0.3 is 5.11 Å². The smallest absolute Gasteiger partial charge is 0.390 e. The topological polar surface area (TPSA) is 68.0 Å². The monoisotopic (exact) mass is 471 g/mol. The number of hydrogen-bond acceptors (Lipinski definition) is 5. The van der Waals surface area contributed by atoms with Gasteiger partial charge in [0.25, 0.3) is 5.56 Å². The predicted molar refractivity (Wildman–Crippen MR) is 123 cm³/mol. The summed E-state index contributed by atoms with van der Waals surface area (Å²) in [5, 5.41) is 12.5. The molecule has 0 radical (unpaired) electrons. The van der Waals surface area contributed by atoms with Gasteiger partial charge in [0.05, 0.1) is 29.4 Å². The summed E-state index contributed by atoms with van der Waals surface area (Å²) in [5.74, 6) is 1.43. The maximum absolute atomic E-state index is 13.4. The van der Waals surface area contributed by atoms with Crippen molar-refractivity contribution in [2.75, 3.05) is 11.5 Å². The largest absolute Gasteiger partial charge is 0.433 e. The fourth-order valence-electron chi connectivity index (χ4n) is 4.38. The number of fused-ring (bicyclic) bond motifs is 3. The third kappa shape index (κ3) is 4.11. The molecule has 2 aromatic heterocycles. The molecule has 33 heavy (non-hydrogen) atoms. The highest BCUT2D eigenvalue weighted by Gasteiger charge is 2.32. The summed E-state index contributed by atoms with van der Waals surface area (Å²) < 4.78 is 40.1. The minimum absolute atomic E-state index is 0.228. The van der Waals surface area contributed by atoms with Crippen LogP contribution in [0.25, 0.3) is 21.7 Å². The van der Waals surface area contributed by atoms with Crippen LogP contribution in [0.5, 0.6) is 0 Å². The third-order valence-corrected chi connectivity index (χ3v) is 7.14. The normalized spacial score (nSPS) is 19.3. The van der Waals surface area contributed by atoms with E-state index in [0.29, 0.717) is 35.1 Å². The van der Waals surface area contributed by atoms with Crippen molar-refractivity contribution in [1.29, 1.82) is 0 Å². The number of aliphatic hydroxyl groups is 1. The number of pyridine rings is 1. The molecule has 1 aliphatic rings. The number of nitrogens with zero attached hydrogens (tertiary/aromatic N) is 3. The Kier molecular flexibility index (Phi) is 5.62. The second-order valence-corrected chi connectivity index (χ2v) is 9.31. The quantitative estimate of drug-likeness (QED) is 0.443. The number of aromatic nitrogens is 3. The third-order valence-electron chi connectivity index (χ3n) is 6.04. The van der Waals surface area contributed by atoms with Gasteiger partial charge in [-0.1, -0.05) is 30.3 Å². The molecule has 9 heteroatoms. The Morgan fingerprint density at radius 2 is 1.88 bits per heavy atom. The summed E-state index contributed by atoms with van der Waals surface area (Å²) >= 11 is 1.66. The summed E-state index contributed by atoms with van der Waals surface area (Å²) in [6, 6.07) is 11.4. The first-order valence-electron chi connectivity index (χ1n) is 10.5. The first kappa shape index (κ1) is 21.9. The van der Waals surface area contributed by atoms with E-state index in [0.717, 1.165) is 28.2 Å². The molecule has 0 bridgehead atoms. The number of benzene rings is 2. The highest BCUT2D eigenvalue weighted by atomic mass is 32.2. The number of hydrogen-bond donors (Lipinski definition) is 1. The first-order chi connectivity index (χ1) is 15.8. The Labute approximate surface area is 191 Å². The summed E-state index contributed by atoms with van der Waals surface area (Å²) in [7, 11) is 0. The van der Waals surface area contributed by atoms with Crippen molar-refractivity contribution >= 4 is 33.4 Å². The molecule has 1 saturated heterocycles. The van der Waals surface area contributed by atoms with Gasteiger partial charge in [0.1, 0.15) is 5.69 Å². The zero-order valence-electron chi connectivity index (χ0n) is 17.4. The Balaban J connectivity index is 1.63. The van der Waals surface area contributed by atoms with Crippen LogP contribution in [0.4, 0.5) is 13.2 Å². The Bertz CT molecular complexity index is 1390. The van der Waals surface area contributed by atoms with Crippen LogP contribution in [0.1, 0.15) is 29.3 Å². The molecule has 1 fully saturated rings. The summed E-state index contributed by atoms with van der Waals surface area (Å²) in [5.41, 5.74) is 0.813. The second kappa shape index (κ2) is 8.46. The Morgan fingerprint density at radius 3 is 2.58 bits per heavy atom. The fraction of sp³-hybridized carbons (Fsp3) is 0.292. The van der Waals surface area contributed by atoms with Gasteiger partial charge in [-0.3, -0.25) is 14.3 Å². The average Bonchev–Trinajstić information content (AvgIpc) is 2.80.